The molecule has 0 unspecified atom stereocenters. The fourth-order valence-electron chi connectivity index (χ4n) is 0.807. The van der Waals surface area contributed by atoms with Crippen molar-refractivity contribution in [2.75, 3.05) is 0 Å². The Morgan fingerprint density at radius 1 is 1.40 bits per heavy atom. The van der Waals surface area contributed by atoms with Crippen LogP contribution in [0.1, 0.15) is 0 Å². The molecule has 0 atom stereocenters. The summed E-state index contributed by atoms with van der Waals surface area (Å²) in [6.45, 7) is 0. The van der Waals surface area contributed by atoms with Gasteiger partial charge in [-0.1, -0.05) is 0 Å². The molecule has 2 rings (SSSR count). The molecule has 0 spiro atoms. The van der Waals surface area contributed by atoms with Gasteiger partial charge in [0.15, 0.2) is 10.4 Å². The van der Waals surface area contributed by atoms with E-state index in [-0.39, 0.29) is 0 Å². The molecule has 0 saturated heterocycles. The highest BCUT2D eigenvalue weighted by atomic mass is 79.9. The highest BCUT2D eigenvalue weighted by molar-refractivity contribution is 9.10. The summed E-state index contributed by atoms with van der Waals surface area (Å²) in [5, 5.41) is 0. The predicted octanol–water partition coefficient (Wildman–Crippen LogP) is 1.49. The summed E-state index contributed by atoms with van der Waals surface area (Å²) in [5.74, 6) is 0. The van der Waals surface area contributed by atoms with Crippen LogP contribution in [0, 0.1) is 0 Å². The quantitative estimate of drug-likeness (QED) is 0.641. The van der Waals surface area contributed by atoms with Crippen LogP contribution >= 0.6 is 15.9 Å². The zero-order chi connectivity index (χ0) is 6.97. The van der Waals surface area contributed by atoms with Gasteiger partial charge in [-0.25, -0.2) is 9.97 Å². The Hall–Kier alpha value is -0.900. The van der Waals surface area contributed by atoms with E-state index in [1.54, 1.807) is 12.4 Å². The highest BCUT2D eigenvalue weighted by Crippen LogP contribution is 2.08. The molecule has 2 aromatic heterocycles. The summed E-state index contributed by atoms with van der Waals surface area (Å²) in [6, 6.07) is 1.86. The Morgan fingerprint density at radius 2 is 2.30 bits per heavy atom. The Labute approximate surface area is 65.9 Å². The molecule has 0 bridgehead atoms. The van der Waals surface area contributed by atoms with Gasteiger partial charge in [-0.15, -0.1) is 0 Å². The standard InChI is InChI=1S/C6H4BrN3/c7-6-9-4-5-8-2-1-3-10(5)6/h1-4H. The second-order valence-electron chi connectivity index (χ2n) is 1.88. The summed E-state index contributed by atoms with van der Waals surface area (Å²) in [7, 11) is 0. The summed E-state index contributed by atoms with van der Waals surface area (Å²) in [6.07, 6.45) is 5.35. The van der Waals surface area contributed by atoms with Gasteiger partial charge in [-0.05, 0) is 22.0 Å². The zero-order valence-electron chi connectivity index (χ0n) is 5.03. The predicted molar refractivity (Wildman–Crippen MR) is 40.7 cm³/mol. The molecule has 0 saturated carbocycles. The van der Waals surface area contributed by atoms with E-state index in [0.29, 0.717) is 0 Å². The fourth-order valence-corrected chi connectivity index (χ4v) is 1.21. The zero-order valence-corrected chi connectivity index (χ0v) is 6.62. The number of imidazole rings is 1. The number of nitrogens with zero attached hydrogens (tertiary/aromatic N) is 3. The molecule has 0 aliphatic rings. The molecular formula is C6H4BrN3. The van der Waals surface area contributed by atoms with Crippen molar-refractivity contribution >= 4 is 21.6 Å². The third-order valence-corrected chi connectivity index (χ3v) is 1.85. The lowest BCUT2D eigenvalue weighted by Gasteiger charge is -1.89. The first-order valence-electron chi connectivity index (χ1n) is 2.81. The number of hydrogen-bond donors (Lipinski definition) is 0. The molecule has 0 aliphatic heterocycles. The lowest BCUT2D eigenvalue weighted by atomic mass is 10.6. The SMILES string of the molecule is Brc1ncc2ncccn12. The van der Waals surface area contributed by atoms with Crippen LogP contribution < -0.4 is 0 Å². The van der Waals surface area contributed by atoms with E-state index in [0.717, 1.165) is 10.4 Å². The van der Waals surface area contributed by atoms with E-state index in [2.05, 4.69) is 25.9 Å². The lowest BCUT2D eigenvalue weighted by Crippen LogP contribution is -1.83. The third kappa shape index (κ3) is 0.724. The summed E-state index contributed by atoms with van der Waals surface area (Å²) in [5.41, 5.74) is 0.856. The van der Waals surface area contributed by atoms with Crippen molar-refractivity contribution in [2.45, 2.75) is 0 Å². The second kappa shape index (κ2) is 2.05. The van der Waals surface area contributed by atoms with Crippen LogP contribution in [0.5, 0.6) is 0 Å². The topological polar surface area (TPSA) is 30.2 Å². The Balaban J connectivity index is 2.93. The van der Waals surface area contributed by atoms with E-state index in [9.17, 15) is 0 Å². The van der Waals surface area contributed by atoms with Crippen LogP contribution in [0.15, 0.2) is 29.4 Å². The smallest absolute Gasteiger partial charge is 0.182 e. The number of halogens is 1. The van der Waals surface area contributed by atoms with Crippen LogP contribution in [0.4, 0.5) is 0 Å². The van der Waals surface area contributed by atoms with Crippen molar-refractivity contribution < 1.29 is 0 Å². The van der Waals surface area contributed by atoms with Crippen molar-refractivity contribution in [3.05, 3.63) is 29.4 Å². The molecule has 0 radical (unpaired) electrons. The van der Waals surface area contributed by atoms with Crippen LogP contribution in [0.25, 0.3) is 5.65 Å². The van der Waals surface area contributed by atoms with Crippen LogP contribution in [-0.2, 0) is 0 Å². The number of aromatic nitrogens is 3. The minimum atomic E-state index is 0.788. The number of hydrogen-bond acceptors (Lipinski definition) is 2. The summed E-state index contributed by atoms with van der Waals surface area (Å²) < 4.78 is 2.65. The largest absolute Gasteiger partial charge is 0.279 e. The molecule has 0 aliphatic carbocycles. The Kier molecular flexibility index (Phi) is 1.20. The first-order chi connectivity index (χ1) is 4.88. The second-order valence-corrected chi connectivity index (χ2v) is 2.58. The molecule has 50 valence electrons. The van der Waals surface area contributed by atoms with Gasteiger partial charge >= 0.3 is 0 Å². The number of fused-ring (bicyclic) bond motifs is 1. The lowest BCUT2D eigenvalue weighted by molar-refractivity contribution is 1.07. The molecule has 4 heteroatoms. The van der Waals surface area contributed by atoms with Crippen LogP contribution in [0.3, 0.4) is 0 Å². The molecule has 0 amide bonds. The van der Waals surface area contributed by atoms with Gasteiger partial charge in [-0.2, -0.15) is 0 Å². The van der Waals surface area contributed by atoms with Crippen molar-refractivity contribution in [1.82, 2.24) is 14.4 Å². The van der Waals surface area contributed by atoms with Gasteiger partial charge in [0.1, 0.15) is 0 Å². The maximum absolute atomic E-state index is 4.07. The summed E-state index contributed by atoms with van der Waals surface area (Å²) in [4.78, 5) is 8.09. The van der Waals surface area contributed by atoms with Crippen molar-refractivity contribution in [3.8, 4) is 0 Å². The molecular weight excluding hydrogens is 194 g/mol. The molecule has 0 aromatic carbocycles. The van der Waals surface area contributed by atoms with Crippen LogP contribution in [-0.4, -0.2) is 14.4 Å². The van der Waals surface area contributed by atoms with Gasteiger partial charge in [0.2, 0.25) is 0 Å². The van der Waals surface area contributed by atoms with Gasteiger partial charge < -0.3 is 0 Å². The van der Waals surface area contributed by atoms with Gasteiger partial charge in [0, 0.05) is 12.4 Å². The summed E-state index contributed by atoms with van der Waals surface area (Å²) >= 11 is 3.28. The number of rotatable bonds is 0. The highest BCUT2D eigenvalue weighted by Gasteiger charge is 1.96. The van der Waals surface area contributed by atoms with Crippen molar-refractivity contribution in [1.29, 1.82) is 0 Å². The minimum Gasteiger partial charge on any atom is -0.279 e. The fraction of sp³-hybridized carbons (Fsp3) is 0. The molecule has 10 heavy (non-hydrogen) atoms. The maximum Gasteiger partial charge on any atom is 0.182 e. The molecule has 2 aromatic rings. The molecule has 2 heterocycles. The maximum atomic E-state index is 4.07. The van der Waals surface area contributed by atoms with Crippen molar-refractivity contribution in [3.63, 3.8) is 0 Å². The normalized spacial score (nSPS) is 10.5. The first-order valence-corrected chi connectivity index (χ1v) is 3.61. The Bertz CT molecular complexity index is 355. The third-order valence-electron chi connectivity index (χ3n) is 1.26. The first kappa shape index (κ1) is 5.85. The Morgan fingerprint density at radius 3 is 3.10 bits per heavy atom. The van der Waals surface area contributed by atoms with E-state index >= 15 is 0 Å². The van der Waals surface area contributed by atoms with E-state index in [1.807, 2.05) is 16.7 Å². The molecule has 0 N–H and O–H groups in total. The van der Waals surface area contributed by atoms with Crippen molar-refractivity contribution in [2.24, 2.45) is 0 Å². The monoisotopic (exact) mass is 197 g/mol. The van der Waals surface area contributed by atoms with E-state index in [1.165, 1.54) is 0 Å². The van der Waals surface area contributed by atoms with E-state index < -0.39 is 0 Å². The average Bonchev–Trinajstić information content (AvgIpc) is 2.34. The van der Waals surface area contributed by atoms with Gasteiger partial charge in [0.05, 0.1) is 6.20 Å². The molecule has 3 nitrogen and oxygen atoms in total. The average molecular weight is 198 g/mol. The van der Waals surface area contributed by atoms with Gasteiger partial charge in [-0.3, -0.25) is 4.40 Å². The molecule has 0 fully saturated rings. The minimum absolute atomic E-state index is 0.788. The van der Waals surface area contributed by atoms with Crippen LogP contribution in [0.2, 0.25) is 0 Å². The van der Waals surface area contributed by atoms with E-state index in [4.69, 9.17) is 0 Å². The van der Waals surface area contributed by atoms with Gasteiger partial charge in [0.25, 0.3) is 0 Å².